The number of hydrogen-bond donors (Lipinski definition) is 2. The molecule has 1 fully saturated rings. The molecule has 1 aliphatic carbocycles. The summed E-state index contributed by atoms with van der Waals surface area (Å²) in [4.78, 5) is 12.5. The topological polar surface area (TPSA) is 55.1 Å². The molecule has 0 atom stereocenters. The molecule has 0 aromatic heterocycles. The van der Waals surface area contributed by atoms with Gasteiger partial charge in [-0.1, -0.05) is 52.0 Å². The molecule has 1 amide bonds. The van der Waals surface area contributed by atoms with Crippen molar-refractivity contribution in [1.82, 2.24) is 5.32 Å². The van der Waals surface area contributed by atoms with Crippen molar-refractivity contribution in [1.29, 1.82) is 0 Å². The molecular weight excluding hydrogens is 260 g/mol. The van der Waals surface area contributed by atoms with E-state index in [0.29, 0.717) is 11.3 Å². The monoisotopic (exact) mass is 282 g/mol. The molecule has 21 heavy (non-hydrogen) atoms. The Bertz CT molecular complexity index is 717. The predicted octanol–water partition coefficient (Wildman–Crippen LogP) is 3.59. The van der Waals surface area contributed by atoms with Gasteiger partial charge in [-0.15, -0.1) is 0 Å². The molecule has 3 N–H and O–H groups in total. The number of rotatable bonds is 2. The second-order valence-electron chi connectivity index (χ2n) is 7.14. The van der Waals surface area contributed by atoms with E-state index in [-0.39, 0.29) is 22.8 Å². The van der Waals surface area contributed by atoms with E-state index in [1.54, 1.807) is 0 Å². The van der Waals surface area contributed by atoms with Crippen LogP contribution in [0.2, 0.25) is 0 Å². The van der Waals surface area contributed by atoms with Crippen LogP contribution in [0.4, 0.5) is 5.69 Å². The van der Waals surface area contributed by atoms with Crippen LogP contribution in [0.5, 0.6) is 0 Å². The summed E-state index contributed by atoms with van der Waals surface area (Å²) in [6.07, 6.45) is 0. The summed E-state index contributed by atoms with van der Waals surface area (Å²) in [6.45, 7) is 8.73. The zero-order chi connectivity index (χ0) is 15.4. The van der Waals surface area contributed by atoms with E-state index in [1.807, 2.05) is 36.4 Å². The molecule has 3 heteroatoms. The Morgan fingerprint density at radius 2 is 1.57 bits per heavy atom. The number of benzene rings is 2. The molecule has 3 nitrogen and oxygen atoms in total. The summed E-state index contributed by atoms with van der Waals surface area (Å²) in [6, 6.07) is 11.9. The Balaban J connectivity index is 1.91. The van der Waals surface area contributed by atoms with E-state index in [4.69, 9.17) is 5.73 Å². The van der Waals surface area contributed by atoms with E-state index in [1.165, 1.54) is 0 Å². The lowest BCUT2D eigenvalue weighted by Crippen LogP contribution is -2.30. The minimum absolute atomic E-state index is 0.0816. The Hall–Kier alpha value is -2.03. The summed E-state index contributed by atoms with van der Waals surface area (Å²) >= 11 is 0. The SMILES string of the molecule is CC1(C)C(NC(=O)c2cc3ccccc3cc2N)C1(C)C. The van der Waals surface area contributed by atoms with Gasteiger partial charge in [0.2, 0.25) is 0 Å². The molecule has 0 unspecified atom stereocenters. The zero-order valence-electron chi connectivity index (χ0n) is 13.0. The Labute approximate surface area is 125 Å². The van der Waals surface area contributed by atoms with Gasteiger partial charge in [-0.2, -0.15) is 0 Å². The standard InChI is InChI=1S/C18H22N2O/c1-17(2)16(18(17,3)4)20-15(21)13-9-11-7-5-6-8-12(11)10-14(13)19/h5-10,16H,19H2,1-4H3,(H,20,21). The molecule has 0 spiro atoms. The number of nitrogen functional groups attached to an aromatic ring is 1. The fourth-order valence-electron chi connectivity index (χ4n) is 3.22. The molecule has 2 aromatic carbocycles. The number of nitrogens with two attached hydrogens (primary N) is 1. The number of fused-ring (bicyclic) bond motifs is 1. The van der Waals surface area contributed by atoms with Crippen LogP contribution < -0.4 is 11.1 Å². The molecular formula is C18H22N2O. The molecule has 110 valence electrons. The maximum atomic E-state index is 12.5. The van der Waals surface area contributed by atoms with Crippen LogP contribution in [0.1, 0.15) is 38.1 Å². The molecule has 3 rings (SSSR count). The van der Waals surface area contributed by atoms with E-state index in [0.717, 1.165) is 10.8 Å². The fraction of sp³-hybridized carbons (Fsp3) is 0.389. The highest BCUT2D eigenvalue weighted by Gasteiger charge is 2.65. The van der Waals surface area contributed by atoms with Crippen molar-refractivity contribution in [2.75, 3.05) is 5.73 Å². The third-order valence-corrected chi connectivity index (χ3v) is 5.46. The van der Waals surface area contributed by atoms with E-state index >= 15 is 0 Å². The minimum atomic E-state index is -0.0816. The van der Waals surface area contributed by atoms with Gasteiger partial charge in [0.25, 0.3) is 5.91 Å². The van der Waals surface area contributed by atoms with E-state index in [2.05, 4.69) is 33.0 Å². The van der Waals surface area contributed by atoms with Crippen molar-refractivity contribution in [2.45, 2.75) is 33.7 Å². The second-order valence-corrected chi connectivity index (χ2v) is 7.14. The van der Waals surface area contributed by atoms with E-state index < -0.39 is 0 Å². The minimum Gasteiger partial charge on any atom is -0.398 e. The van der Waals surface area contributed by atoms with Crippen molar-refractivity contribution in [3.63, 3.8) is 0 Å². The Morgan fingerprint density at radius 1 is 1.05 bits per heavy atom. The first kappa shape index (κ1) is 13.9. The first-order valence-corrected chi connectivity index (χ1v) is 7.34. The van der Waals surface area contributed by atoms with Crippen molar-refractivity contribution >= 4 is 22.4 Å². The van der Waals surface area contributed by atoms with Crippen LogP contribution in [-0.2, 0) is 0 Å². The summed E-state index contributed by atoms with van der Waals surface area (Å²) in [5.41, 5.74) is 7.39. The van der Waals surface area contributed by atoms with Crippen LogP contribution in [-0.4, -0.2) is 11.9 Å². The van der Waals surface area contributed by atoms with Crippen LogP contribution >= 0.6 is 0 Å². The van der Waals surface area contributed by atoms with Crippen molar-refractivity contribution in [2.24, 2.45) is 10.8 Å². The third-order valence-electron chi connectivity index (χ3n) is 5.46. The average Bonchev–Trinajstić information content (AvgIpc) is 2.80. The smallest absolute Gasteiger partial charge is 0.253 e. The highest BCUT2D eigenvalue weighted by Crippen LogP contribution is 2.62. The number of nitrogens with one attached hydrogen (secondary N) is 1. The van der Waals surface area contributed by atoms with Gasteiger partial charge in [0.1, 0.15) is 0 Å². The largest absolute Gasteiger partial charge is 0.398 e. The van der Waals surface area contributed by atoms with Gasteiger partial charge in [0.15, 0.2) is 0 Å². The van der Waals surface area contributed by atoms with Gasteiger partial charge in [0.05, 0.1) is 5.56 Å². The first-order chi connectivity index (χ1) is 9.75. The molecule has 0 radical (unpaired) electrons. The lowest BCUT2D eigenvalue weighted by molar-refractivity contribution is 0.0944. The average molecular weight is 282 g/mol. The van der Waals surface area contributed by atoms with Gasteiger partial charge in [-0.25, -0.2) is 0 Å². The molecule has 0 saturated heterocycles. The summed E-state index contributed by atoms with van der Waals surface area (Å²) in [7, 11) is 0. The zero-order valence-corrected chi connectivity index (χ0v) is 13.0. The first-order valence-electron chi connectivity index (χ1n) is 7.34. The number of carbonyl (C=O) groups is 1. The lowest BCUT2D eigenvalue weighted by Gasteiger charge is -2.10. The second kappa shape index (κ2) is 4.23. The van der Waals surface area contributed by atoms with Crippen molar-refractivity contribution in [3.05, 3.63) is 42.0 Å². The van der Waals surface area contributed by atoms with Crippen molar-refractivity contribution in [3.8, 4) is 0 Å². The Morgan fingerprint density at radius 3 is 2.10 bits per heavy atom. The molecule has 0 aliphatic heterocycles. The summed E-state index contributed by atoms with van der Waals surface area (Å²) < 4.78 is 0. The molecule has 1 aliphatic rings. The van der Waals surface area contributed by atoms with Gasteiger partial charge in [-0.05, 0) is 33.7 Å². The van der Waals surface area contributed by atoms with E-state index in [9.17, 15) is 4.79 Å². The number of hydrogen-bond acceptors (Lipinski definition) is 2. The van der Waals surface area contributed by atoms with Gasteiger partial charge < -0.3 is 11.1 Å². The predicted molar refractivity (Wildman–Crippen MR) is 87.2 cm³/mol. The normalized spacial score (nSPS) is 19.4. The lowest BCUT2D eigenvalue weighted by atomic mass is 10.0. The van der Waals surface area contributed by atoms with Crippen LogP contribution in [0, 0.1) is 10.8 Å². The highest BCUT2D eigenvalue weighted by atomic mass is 16.1. The van der Waals surface area contributed by atoms with Gasteiger partial charge >= 0.3 is 0 Å². The molecule has 0 heterocycles. The molecule has 2 aromatic rings. The number of anilines is 1. The van der Waals surface area contributed by atoms with Crippen LogP contribution in [0.3, 0.4) is 0 Å². The van der Waals surface area contributed by atoms with Crippen LogP contribution in [0.25, 0.3) is 10.8 Å². The highest BCUT2D eigenvalue weighted by molar-refractivity contribution is 6.04. The quantitative estimate of drug-likeness (QED) is 0.827. The molecule has 1 saturated carbocycles. The number of amides is 1. The summed E-state index contributed by atoms with van der Waals surface area (Å²) in [5.74, 6) is -0.0816. The van der Waals surface area contributed by atoms with Gasteiger partial charge in [-0.3, -0.25) is 4.79 Å². The fourth-order valence-corrected chi connectivity index (χ4v) is 3.22. The van der Waals surface area contributed by atoms with Gasteiger partial charge in [0, 0.05) is 11.7 Å². The van der Waals surface area contributed by atoms with Crippen molar-refractivity contribution < 1.29 is 4.79 Å². The maximum Gasteiger partial charge on any atom is 0.253 e. The van der Waals surface area contributed by atoms with Crippen LogP contribution in [0.15, 0.2) is 36.4 Å². The maximum absolute atomic E-state index is 12.5. The Kier molecular flexibility index (Phi) is 2.81. The third kappa shape index (κ3) is 1.99. The summed E-state index contributed by atoms with van der Waals surface area (Å²) in [5, 5.41) is 5.23. The molecule has 0 bridgehead atoms. The number of carbonyl (C=O) groups excluding carboxylic acids is 1.